The molecule has 5 aromatic rings. The molecule has 3 aromatic carbocycles. The van der Waals surface area contributed by atoms with E-state index in [-0.39, 0.29) is 5.91 Å². The topological polar surface area (TPSA) is 79.3 Å². The van der Waals surface area contributed by atoms with E-state index in [1.165, 1.54) is 22.3 Å². The van der Waals surface area contributed by atoms with Crippen LogP contribution in [0.25, 0.3) is 10.2 Å². The zero-order chi connectivity index (χ0) is 24.0. The molecule has 0 saturated heterocycles. The minimum Gasteiger partial charge on any atom is -0.331 e. The monoisotopic (exact) mass is 535 g/mol. The van der Waals surface area contributed by atoms with Crippen LogP contribution in [-0.4, -0.2) is 22.1 Å². The molecule has 174 valence electrons. The van der Waals surface area contributed by atoms with Crippen LogP contribution in [0, 0.1) is 0 Å². The number of anilines is 2. The number of thioether (sulfide) groups is 1. The maximum atomic E-state index is 12.5. The highest BCUT2D eigenvalue weighted by atomic mass is 35.5. The average molecular weight is 536 g/mol. The molecule has 5 rings (SSSR count). The molecule has 2 heterocycles. The molecular weight excluding hydrogens is 518 g/mol. The first kappa shape index (κ1) is 23.5. The number of fused-ring (bicyclic) bond motifs is 1. The van der Waals surface area contributed by atoms with Gasteiger partial charge in [-0.2, -0.15) is 5.10 Å². The highest BCUT2D eigenvalue weighted by molar-refractivity contribution is 8.00. The first-order chi connectivity index (χ1) is 17.1. The number of carbonyl (C=O) groups is 1. The van der Waals surface area contributed by atoms with Gasteiger partial charge in [0.25, 0.3) is 5.91 Å². The van der Waals surface area contributed by atoms with Crippen molar-refractivity contribution in [1.29, 1.82) is 0 Å². The first-order valence-electron chi connectivity index (χ1n) is 10.5. The number of amides is 1. The van der Waals surface area contributed by atoms with Gasteiger partial charge in [0, 0.05) is 17.0 Å². The number of para-hydroxylation sites is 2. The van der Waals surface area contributed by atoms with E-state index >= 15 is 0 Å². The molecule has 0 aliphatic rings. The summed E-state index contributed by atoms with van der Waals surface area (Å²) in [4.78, 5) is 22.0. The maximum Gasteiger partial charge on any atom is 0.271 e. The molecule has 0 bridgehead atoms. The van der Waals surface area contributed by atoms with Crippen LogP contribution in [-0.2, 0) is 5.75 Å². The summed E-state index contributed by atoms with van der Waals surface area (Å²) in [5.74, 6) is 0.484. The van der Waals surface area contributed by atoms with Crippen molar-refractivity contribution in [1.82, 2.24) is 15.4 Å². The number of thiazole rings is 2. The van der Waals surface area contributed by atoms with Crippen molar-refractivity contribution >= 4 is 79.2 Å². The number of nitrogens with one attached hydrogen (secondary N) is 2. The molecule has 0 saturated carbocycles. The Labute approximate surface area is 219 Å². The van der Waals surface area contributed by atoms with E-state index < -0.39 is 0 Å². The summed E-state index contributed by atoms with van der Waals surface area (Å²) < 4.78 is 2.22. The van der Waals surface area contributed by atoms with Crippen LogP contribution in [0.3, 0.4) is 0 Å². The molecule has 6 nitrogen and oxygen atoms in total. The highest BCUT2D eigenvalue weighted by Gasteiger charge is 2.09. The van der Waals surface area contributed by atoms with Gasteiger partial charge in [-0.1, -0.05) is 77.2 Å². The maximum absolute atomic E-state index is 12.5. The lowest BCUT2D eigenvalue weighted by molar-refractivity contribution is 0.0955. The van der Waals surface area contributed by atoms with Crippen molar-refractivity contribution in [2.45, 2.75) is 10.1 Å². The second kappa shape index (κ2) is 11.0. The number of nitrogens with zero attached hydrogens (tertiary/aromatic N) is 3. The highest BCUT2D eigenvalue weighted by Crippen LogP contribution is 2.31. The van der Waals surface area contributed by atoms with E-state index in [9.17, 15) is 4.79 Å². The molecule has 0 fully saturated rings. The van der Waals surface area contributed by atoms with Crippen molar-refractivity contribution in [3.05, 3.63) is 100 Å². The van der Waals surface area contributed by atoms with Gasteiger partial charge in [0.15, 0.2) is 14.6 Å². The van der Waals surface area contributed by atoms with Gasteiger partial charge in [-0.25, -0.2) is 15.4 Å². The van der Waals surface area contributed by atoms with Gasteiger partial charge in [-0.15, -0.1) is 11.3 Å². The van der Waals surface area contributed by atoms with Crippen molar-refractivity contribution < 1.29 is 4.79 Å². The van der Waals surface area contributed by atoms with E-state index in [2.05, 4.69) is 31.9 Å². The number of rotatable bonds is 8. The lowest BCUT2D eigenvalue weighted by Crippen LogP contribution is -2.17. The van der Waals surface area contributed by atoms with Crippen molar-refractivity contribution in [2.75, 3.05) is 5.32 Å². The van der Waals surface area contributed by atoms with Gasteiger partial charge in [0.2, 0.25) is 0 Å². The Morgan fingerprint density at radius 1 is 0.971 bits per heavy atom. The summed E-state index contributed by atoms with van der Waals surface area (Å²) >= 11 is 10.9. The van der Waals surface area contributed by atoms with Gasteiger partial charge >= 0.3 is 0 Å². The summed E-state index contributed by atoms with van der Waals surface area (Å²) in [7, 11) is 0. The van der Waals surface area contributed by atoms with Crippen LogP contribution < -0.4 is 10.7 Å². The number of hydrogen-bond donors (Lipinski definition) is 2. The Morgan fingerprint density at radius 2 is 1.74 bits per heavy atom. The quantitative estimate of drug-likeness (QED) is 0.125. The Kier molecular flexibility index (Phi) is 7.39. The Morgan fingerprint density at radius 3 is 2.54 bits per heavy atom. The summed E-state index contributed by atoms with van der Waals surface area (Å²) in [6, 6.07) is 25.3. The third-order valence-corrected chi connectivity index (χ3v) is 8.39. The van der Waals surface area contributed by atoms with E-state index in [4.69, 9.17) is 11.6 Å². The molecule has 0 radical (unpaired) electrons. The number of hydrazone groups is 1. The van der Waals surface area contributed by atoms with E-state index in [0.717, 1.165) is 26.9 Å². The smallest absolute Gasteiger partial charge is 0.271 e. The van der Waals surface area contributed by atoms with Crippen molar-refractivity contribution in [3.8, 4) is 0 Å². The molecule has 0 atom stereocenters. The minimum absolute atomic E-state index is 0.296. The normalized spacial score (nSPS) is 11.2. The Hall–Kier alpha value is -3.24. The predicted octanol–water partition coefficient (Wildman–Crippen LogP) is 7.21. The van der Waals surface area contributed by atoms with E-state index in [1.54, 1.807) is 35.2 Å². The number of carbonyl (C=O) groups excluding carboxylic acids is 1. The average Bonchev–Trinajstić information content (AvgIpc) is 3.46. The van der Waals surface area contributed by atoms with Crippen LogP contribution in [0.1, 0.15) is 20.8 Å². The van der Waals surface area contributed by atoms with Crippen LogP contribution in [0.5, 0.6) is 0 Å². The van der Waals surface area contributed by atoms with Crippen molar-refractivity contribution in [3.63, 3.8) is 0 Å². The van der Waals surface area contributed by atoms with E-state index in [1.807, 2.05) is 60.7 Å². The molecule has 0 aliphatic heterocycles. The fourth-order valence-electron chi connectivity index (χ4n) is 3.12. The molecule has 0 unspecified atom stereocenters. The Bertz CT molecular complexity index is 1450. The van der Waals surface area contributed by atoms with Crippen LogP contribution in [0.4, 0.5) is 10.8 Å². The standard InChI is InChI=1S/C25H18ClN5OS3/c26-22-21(34-24(30-22)28-18-6-2-1-3-7-18)14-27-31-23(32)17-12-10-16(11-13-17)15-33-25-29-19-8-4-5-9-20(19)35-25/h1-14H,15H2,(H,28,30)(H,31,32)/b27-14-. The zero-order valence-electron chi connectivity index (χ0n) is 18.1. The fraction of sp³-hybridized carbons (Fsp3) is 0.0400. The number of halogens is 1. The molecular formula is C25H18ClN5OS3. The van der Waals surface area contributed by atoms with Gasteiger partial charge in [0.1, 0.15) is 0 Å². The molecule has 0 spiro atoms. The van der Waals surface area contributed by atoms with Crippen LogP contribution in [0.2, 0.25) is 5.15 Å². The summed E-state index contributed by atoms with van der Waals surface area (Å²) in [5, 5.41) is 8.20. The lowest BCUT2D eigenvalue weighted by atomic mass is 10.1. The third kappa shape index (κ3) is 6.07. The first-order valence-corrected chi connectivity index (χ1v) is 13.5. The predicted molar refractivity (Wildman–Crippen MR) is 148 cm³/mol. The summed E-state index contributed by atoms with van der Waals surface area (Å²) in [5.41, 5.74) is 6.12. The third-order valence-electron chi connectivity index (χ3n) is 4.84. The lowest BCUT2D eigenvalue weighted by Gasteiger charge is -2.02. The second-order valence-electron chi connectivity index (χ2n) is 7.30. The van der Waals surface area contributed by atoms with E-state index in [0.29, 0.717) is 20.7 Å². The molecule has 10 heteroatoms. The molecule has 1 amide bonds. The number of aromatic nitrogens is 2. The van der Waals surface area contributed by atoms with Crippen molar-refractivity contribution in [2.24, 2.45) is 5.10 Å². The summed E-state index contributed by atoms with van der Waals surface area (Å²) in [6.45, 7) is 0. The fourth-order valence-corrected chi connectivity index (χ4v) is 6.19. The van der Waals surface area contributed by atoms with Gasteiger partial charge in [0.05, 0.1) is 21.3 Å². The van der Waals surface area contributed by atoms with Gasteiger partial charge < -0.3 is 5.32 Å². The zero-order valence-corrected chi connectivity index (χ0v) is 21.3. The number of hydrogen-bond acceptors (Lipinski definition) is 8. The summed E-state index contributed by atoms with van der Waals surface area (Å²) in [6.07, 6.45) is 1.50. The molecule has 0 aliphatic carbocycles. The SMILES string of the molecule is O=C(N/N=C\c1sc(Nc2ccccc2)nc1Cl)c1ccc(CSc2nc3ccccc3s2)cc1. The van der Waals surface area contributed by atoms with Crippen LogP contribution in [0.15, 0.2) is 88.3 Å². The van der Waals surface area contributed by atoms with Gasteiger partial charge in [-0.05, 0) is 42.0 Å². The second-order valence-corrected chi connectivity index (χ2v) is 10.9. The molecule has 2 aromatic heterocycles. The molecule has 2 N–H and O–H groups in total. The number of benzene rings is 3. The minimum atomic E-state index is -0.296. The van der Waals surface area contributed by atoms with Gasteiger partial charge in [-0.3, -0.25) is 4.79 Å². The van der Waals surface area contributed by atoms with Crippen LogP contribution >= 0.6 is 46.0 Å². The largest absolute Gasteiger partial charge is 0.331 e. The molecule has 35 heavy (non-hydrogen) atoms. The Balaban J connectivity index is 1.14.